The molecule has 1 aromatic carbocycles. The number of halogens is 2. The molecule has 0 aliphatic carbocycles. The van der Waals surface area contributed by atoms with E-state index in [4.69, 9.17) is 10.5 Å². The lowest BCUT2D eigenvalue weighted by Crippen LogP contribution is -2.47. The van der Waals surface area contributed by atoms with Crippen LogP contribution in [0.15, 0.2) is 22.7 Å². The van der Waals surface area contributed by atoms with Crippen molar-refractivity contribution in [2.24, 2.45) is 11.1 Å². The van der Waals surface area contributed by atoms with E-state index >= 15 is 0 Å². The van der Waals surface area contributed by atoms with Crippen LogP contribution in [0.1, 0.15) is 6.92 Å². The summed E-state index contributed by atoms with van der Waals surface area (Å²) in [7, 11) is 0. The average molecular weight is 317 g/mol. The Hall–Kier alpha value is -0.980. The van der Waals surface area contributed by atoms with E-state index in [-0.39, 0.29) is 24.2 Å². The Morgan fingerprint density at radius 1 is 1.67 bits per heavy atom. The van der Waals surface area contributed by atoms with Crippen LogP contribution in [0.2, 0.25) is 0 Å². The van der Waals surface area contributed by atoms with Gasteiger partial charge in [-0.15, -0.1) is 0 Å². The molecule has 0 saturated carbocycles. The first-order valence-corrected chi connectivity index (χ1v) is 6.33. The second kappa shape index (κ2) is 4.95. The zero-order valence-corrected chi connectivity index (χ0v) is 11.5. The second-order valence-corrected chi connectivity index (χ2v) is 5.44. The number of amides is 1. The summed E-state index contributed by atoms with van der Waals surface area (Å²) in [4.78, 5) is 12.2. The fourth-order valence-electron chi connectivity index (χ4n) is 1.80. The van der Waals surface area contributed by atoms with Gasteiger partial charge in [-0.05, 0) is 35.0 Å². The molecule has 1 aliphatic rings. The summed E-state index contributed by atoms with van der Waals surface area (Å²) in [6, 6.07) is 4.12. The highest BCUT2D eigenvalue weighted by atomic mass is 79.9. The van der Waals surface area contributed by atoms with Gasteiger partial charge >= 0.3 is 0 Å². The first kappa shape index (κ1) is 13.5. The van der Waals surface area contributed by atoms with E-state index in [9.17, 15) is 9.18 Å². The molecule has 1 heterocycles. The second-order valence-electron chi connectivity index (χ2n) is 4.59. The van der Waals surface area contributed by atoms with Crippen LogP contribution in [-0.2, 0) is 9.53 Å². The monoisotopic (exact) mass is 316 g/mol. The molecule has 98 valence electrons. The molecule has 2 unspecified atom stereocenters. The van der Waals surface area contributed by atoms with Crippen molar-refractivity contribution in [1.29, 1.82) is 0 Å². The van der Waals surface area contributed by atoms with Gasteiger partial charge in [-0.1, -0.05) is 6.07 Å². The summed E-state index contributed by atoms with van der Waals surface area (Å²) in [5.74, 6) is -0.827. The van der Waals surface area contributed by atoms with Gasteiger partial charge in [0, 0.05) is 10.5 Å². The molecule has 1 aliphatic heterocycles. The summed E-state index contributed by atoms with van der Waals surface area (Å²) in [5.41, 5.74) is 5.15. The minimum atomic E-state index is -0.832. The van der Waals surface area contributed by atoms with Gasteiger partial charge < -0.3 is 15.8 Å². The van der Waals surface area contributed by atoms with Crippen molar-refractivity contribution in [1.82, 2.24) is 0 Å². The molecule has 1 saturated heterocycles. The molecule has 1 fully saturated rings. The Kier molecular flexibility index (Phi) is 3.70. The lowest BCUT2D eigenvalue weighted by Gasteiger charge is -2.25. The molecule has 0 bridgehead atoms. The number of benzene rings is 1. The molecule has 4 nitrogen and oxygen atoms in total. The topological polar surface area (TPSA) is 64.3 Å². The maximum absolute atomic E-state index is 13.6. The first-order valence-electron chi connectivity index (χ1n) is 5.54. The van der Waals surface area contributed by atoms with E-state index in [0.29, 0.717) is 11.1 Å². The number of anilines is 1. The van der Waals surface area contributed by atoms with Crippen LogP contribution in [0.4, 0.5) is 10.1 Å². The molecule has 1 amide bonds. The number of nitrogens with one attached hydrogen (secondary N) is 1. The van der Waals surface area contributed by atoms with E-state index in [0.717, 1.165) is 0 Å². The summed E-state index contributed by atoms with van der Waals surface area (Å²) >= 11 is 3.20. The first-order chi connectivity index (χ1) is 8.45. The Balaban J connectivity index is 2.22. The van der Waals surface area contributed by atoms with Crippen molar-refractivity contribution < 1.29 is 13.9 Å². The summed E-state index contributed by atoms with van der Waals surface area (Å²) in [6.07, 6.45) is 0. The molecular weight excluding hydrogens is 303 g/mol. The van der Waals surface area contributed by atoms with Crippen molar-refractivity contribution in [2.75, 3.05) is 18.5 Å². The number of hydrogen-bond acceptors (Lipinski definition) is 3. The fraction of sp³-hybridized carbons (Fsp3) is 0.417. The highest BCUT2D eigenvalue weighted by Gasteiger charge is 2.44. The SMILES string of the molecule is CC1(C(=O)Nc2c(F)cccc2Br)COCC1N. The van der Waals surface area contributed by atoms with Crippen molar-refractivity contribution >= 4 is 27.5 Å². The van der Waals surface area contributed by atoms with Crippen LogP contribution in [-0.4, -0.2) is 25.2 Å². The standard InChI is InChI=1S/C12H14BrFN2O2/c1-12(6-18-5-9(12)15)11(17)16-10-7(13)3-2-4-8(10)14/h2-4,9H,5-6,15H2,1H3,(H,16,17). The zero-order valence-electron chi connectivity index (χ0n) is 9.87. The minimum Gasteiger partial charge on any atom is -0.379 e. The van der Waals surface area contributed by atoms with E-state index in [1.54, 1.807) is 19.1 Å². The number of nitrogens with two attached hydrogens (primary N) is 1. The van der Waals surface area contributed by atoms with Crippen LogP contribution in [0, 0.1) is 11.2 Å². The Morgan fingerprint density at radius 2 is 2.39 bits per heavy atom. The Labute approximate surface area is 113 Å². The highest BCUT2D eigenvalue weighted by Crippen LogP contribution is 2.31. The van der Waals surface area contributed by atoms with Crippen LogP contribution in [0.3, 0.4) is 0 Å². The summed E-state index contributed by atoms with van der Waals surface area (Å²) < 4.78 is 19.3. The van der Waals surface area contributed by atoms with E-state index < -0.39 is 11.2 Å². The number of para-hydroxylation sites is 1. The zero-order chi connectivity index (χ0) is 13.3. The average Bonchev–Trinajstić information content (AvgIpc) is 2.66. The molecule has 3 N–H and O–H groups in total. The van der Waals surface area contributed by atoms with Gasteiger partial charge in [-0.3, -0.25) is 4.79 Å². The molecular formula is C12H14BrFN2O2. The van der Waals surface area contributed by atoms with Gasteiger partial charge in [0.05, 0.1) is 24.3 Å². The van der Waals surface area contributed by atoms with Crippen molar-refractivity contribution in [3.05, 3.63) is 28.5 Å². The maximum atomic E-state index is 13.6. The van der Waals surface area contributed by atoms with Gasteiger partial charge in [-0.2, -0.15) is 0 Å². The minimum absolute atomic E-state index is 0.128. The molecule has 0 aromatic heterocycles. The van der Waals surface area contributed by atoms with Gasteiger partial charge in [0.2, 0.25) is 5.91 Å². The van der Waals surface area contributed by atoms with Gasteiger partial charge in [0.15, 0.2) is 0 Å². The number of carbonyl (C=O) groups is 1. The highest BCUT2D eigenvalue weighted by molar-refractivity contribution is 9.10. The maximum Gasteiger partial charge on any atom is 0.234 e. The predicted molar refractivity (Wildman–Crippen MR) is 69.6 cm³/mol. The van der Waals surface area contributed by atoms with E-state index in [1.807, 2.05) is 0 Å². The van der Waals surface area contributed by atoms with Crippen LogP contribution in [0.25, 0.3) is 0 Å². The molecule has 2 rings (SSSR count). The predicted octanol–water partition coefficient (Wildman–Crippen LogP) is 1.89. The van der Waals surface area contributed by atoms with Gasteiger partial charge in [0.1, 0.15) is 5.82 Å². The van der Waals surface area contributed by atoms with E-state index in [1.165, 1.54) is 6.07 Å². The molecule has 6 heteroatoms. The normalized spacial score (nSPS) is 27.2. The third-order valence-electron chi connectivity index (χ3n) is 3.24. The largest absolute Gasteiger partial charge is 0.379 e. The molecule has 18 heavy (non-hydrogen) atoms. The molecule has 0 spiro atoms. The van der Waals surface area contributed by atoms with Crippen molar-refractivity contribution in [2.45, 2.75) is 13.0 Å². The van der Waals surface area contributed by atoms with Crippen LogP contribution < -0.4 is 11.1 Å². The van der Waals surface area contributed by atoms with Crippen molar-refractivity contribution in [3.8, 4) is 0 Å². The summed E-state index contributed by atoms with van der Waals surface area (Å²) in [5, 5.41) is 2.57. The molecule has 2 atom stereocenters. The fourth-order valence-corrected chi connectivity index (χ4v) is 2.24. The summed E-state index contributed by atoms with van der Waals surface area (Å²) in [6.45, 7) is 2.29. The lowest BCUT2D eigenvalue weighted by atomic mass is 9.85. The quantitative estimate of drug-likeness (QED) is 0.875. The number of ether oxygens (including phenoxy) is 1. The smallest absolute Gasteiger partial charge is 0.234 e. The molecule has 1 aromatic rings. The van der Waals surface area contributed by atoms with Crippen molar-refractivity contribution in [3.63, 3.8) is 0 Å². The van der Waals surface area contributed by atoms with Gasteiger partial charge in [-0.25, -0.2) is 4.39 Å². The Bertz CT molecular complexity index is 463. The number of hydrogen-bond donors (Lipinski definition) is 2. The lowest BCUT2D eigenvalue weighted by molar-refractivity contribution is -0.125. The number of carbonyl (C=O) groups excluding carboxylic acids is 1. The van der Waals surface area contributed by atoms with Crippen LogP contribution in [0.5, 0.6) is 0 Å². The van der Waals surface area contributed by atoms with Crippen LogP contribution >= 0.6 is 15.9 Å². The third-order valence-corrected chi connectivity index (χ3v) is 3.90. The van der Waals surface area contributed by atoms with Gasteiger partial charge in [0.25, 0.3) is 0 Å². The third kappa shape index (κ3) is 2.28. The van der Waals surface area contributed by atoms with E-state index in [2.05, 4.69) is 21.2 Å². The Morgan fingerprint density at radius 3 is 2.94 bits per heavy atom. The molecule has 0 radical (unpaired) electrons. The number of rotatable bonds is 2.